The van der Waals surface area contributed by atoms with E-state index < -0.39 is 15.4 Å². The first kappa shape index (κ1) is 16.4. The second-order valence-corrected chi connectivity index (χ2v) is 5.82. The van der Waals surface area contributed by atoms with Gasteiger partial charge in [0, 0.05) is 34.0 Å². The zero-order chi connectivity index (χ0) is 12.3. The van der Waals surface area contributed by atoms with Crippen molar-refractivity contribution in [1.82, 2.24) is 0 Å². The van der Waals surface area contributed by atoms with E-state index in [1.807, 2.05) is 0 Å². The molecule has 95 valence electrons. The predicted molar refractivity (Wildman–Crippen MR) is 60.3 cm³/mol. The van der Waals surface area contributed by atoms with Gasteiger partial charge in [-0.2, -0.15) is 0 Å². The van der Waals surface area contributed by atoms with Crippen LogP contribution in [0.5, 0.6) is 5.75 Å². The minimum Gasteiger partial charge on any atom is -0.535 e. The first-order valence-electron chi connectivity index (χ1n) is 4.37. The van der Waals surface area contributed by atoms with Crippen LogP contribution in [0.15, 0.2) is 23.1 Å². The minimum absolute atomic E-state index is 0. The van der Waals surface area contributed by atoms with Gasteiger partial charge in [-0.25, -0.2) is 8.42 Å². The molecule has 0 spiro atoms. The van der Waals surface area contributed by atoms with Gasteiger partial charge in [0.25, 0.3) is 0 Å². The van der Waals surface area contributed by atoms with Crippen LogP contribution in [0.4, 0.5) is 0 Å². The number of ether oxygens (including phenoxy) is 1. The summed E-state index contributed by atoms with van der Waals surface area (Å²) >= 11 is 5.60. The summed E-state index contributed by atoms with van der Waals surface area (Å²) in [4.78, 5) is 10.7. The molecular weight excluding hydrogens is 307 g/mol. The summed E-state index contributed by atoms with van der Waals surface area (Å²) in [7, 11) is -3.35. The Morgan fingerprint density at radius 3 is 2.41 bits per heavy atom. The fourth-order valence-corrected chi connectivity index (χ4v) is 1.84. The van der Waals surface area contributed by atoms with Gasteiger partial charge < -0.3 is 9.53 Å². The van der Waals surface area contributed by atoms with Gasteiger partial charge in [-0.3, -0.25) is 0 Å². The molecular formula is C10H10ClMnO4S-. The van der Waals surface area contributed by atoms with E-state index in [1.165, 1.54) is 18.2 Å². The van der Waals surface area contributed by atoms with Crippen LogP contribution < -0.4 is 4.74 Å². The minimum atomic E-state index is -3.35. The number of rotatable bonds is 4. The maximum atomic E-state index is 11.2. The van der Waals surface area contributed by atoms with Crippen molar-refractivity contribution < 1.29 is 35.0 Å². The van der Waals surface area contributed by atoms with Crippen molar-refractivity contribution in [3.63, 3.8) is 0 Å². The van der Waals surface area contributed by atoms with Gasteiger partial charge in [-0.05, 0) is 6.92 Å². The topological polar surface area (TPSA) is 60.4 Å². The molecule has 1 aromatic carbocycles. The summed E-state index contributed by atoms with van der Waals surface area (Å²) in [5, 5.41) is 0. The molecule has 1 radical (unpaired) electrons. The van der Waals surface area contributed by atoms with E-state index in [9.17, 15) is 13.2 Å². The Kier molecular flexibility index (Phi) is 6.19. The molecule has 4 nitrogen and oxygen atoms in total. The number of benzene rings is 1. The van der Waals surface area contributed by atoms with E-state index in [0.717, 1.165) is 6.26 Å². The molecule has 1 atom stereocenters. The molecule has 1 rings (SSSR count). The molecule has 0 aliphatic carbocycles. The Morgan fingerprint density at radius 2 is 2.00 bits per heavy atom. The Labute approximate surface area is 116 Å². The summed E-state index contributed by atoms with van der Waals surface area (Å²) < 4.78 is 27.6. The zero-order valence-corrected chi connectivity index (χ0v) is 11.9. The van der Waals surface area contributed by atoms with Crippen LogP contribution >= 0.6 is 11.6 Å². The van der Waals surface area contributed by atoms with Crippen LogP contribution in [0.1, 0.15) is 12.5 Å². The number of halogens is 1. The van der Waals surface area contributed by atoms with Crippen LogP contribution in [0.25, 0.3) is 0 Å². The van der Waals surface area contributed by atoms with Crippen LogP contribution in [-0.4, -0.2) is 26.5 Å². The van der Waals surface area contributed by atoms with E-state index in [1.54, 1.807) is 13.2 Å². The Bertz CT molecular complexity index is 499. The van der Waals surface area contributed by atoms with Crippen LogP contribution in [0.3, 0.4) is 0 Å². The van der Waals surface area contributed by atoms with Crippen molar-refractivity contribution in [2.24, 2.45) is 0 Å². The second kappa shape index (κ2) is 6.40. The molecule has 1 aromatic rings. The van der Waals surface area contributed by atoms with Crippen LogP contribution in [0, 0.1) is 0 Å². The molecule has 0 heterocycles. The van der Waals surface area contributed by atoms with Crippen molar-refractivity contribution in [3.8, 4) is 5.75 Å². The quantitative estimate of drug-likeness (QED) is 0.480. The zero-order valence-electron chi connectivity index (χ0n) is 9.11. The van der Waals surface area contributed by atoms with Crippen molar-refractivity contribution in [1.29, 1.82) is 0 Å². The molecule has 0 aliphatic heterocycles. The molecule has 0 unspecified atom stereocenters. The maximum Gasteiger partial charge on any atom is 0.164 e. The van der Waals surface area contributed by atoms with Crippen LogP contribution in [0.2, 0.25) is 0 Å². The smallest absolute Gasteiger partial charge is 0.164 e. The van der Waals surface area contributed by atoms with Crippen molar-refractivity contribution in [3.05, 3.63) is 23.8 Å². The number of carbonyl (C=O) groups excluding carboxylic acids is 1. The van der Waals surface area contributed by atoms with E-state index >= 15 is 0 Å². The third-order valence-electron chi connectivity index (χ3n) is 1.78. The normalized spacial score (nSPS) is 12.4. The third kappa shape index (κ3) is 4.68. The van der Waals surface area contributed by atoms with Gasteiger partial charge >= 0.3 is 0 Å². The molecule has 0 N–H and O–H groups in total. The standard InChI is InChI=1S/C10H10ClO4S.Mn/c1-7(11)15-10-4-3-9(16(2,13)14)5-8(10)6-12;/h3-5,7H,1-2H3;/q-1;/t7-;/m0./s1. The molecule has 0 fully saturated rings. The molecule has 0 bridgehead atoms. The fraction of sp³-hybridized carbons (Fsp3) is 0.300. The van der Waals surface area contributed by atoms with Gasteiger partial charge in [0.1, 0.15) is 0 Å². The summed E-state index contributed by atoms with van der Waals surface area (Å²) in [5.41, 5.74) is -0.577. The summed E-state index contributed by atoms with van der Waals surface area (Å²) in [6, 6.07) is 3.94. The van der Waals surface area contributed by atoms with Crippen LogP contribution in [-0.2, 0) is 31.7 Å². The SMILES string of the molecule is C[C@@H](Cl)Oc1ccc(S(C)(=O)=O)cc1[C-]=O.[Mn]. The first-order chi connectivity index (χ1) is 7.34. The van der Waals surface area contributed by atoms with E-state index in [4.69, 9.17) is 16.3 Å². The average Bonchev–Trinajstić information content (AvgIpc) is 2.15. The number of hydrogen-bond donors (Lipinski definition) is 0. The molecule has 17 heavy (non-hydrogen) atoms. The third-order valence-corrected chi connectivity index (χ3v) is 2.98. The Hall–Kier alpha value is -0.551. The molecule has 0 saturated carbocycles. The molecule has 0 aliphatic rings. The number of hydrogen-bond acceptors (Lipinski definition) is 4. The second-order valence-electron chi connectivity index (χ2n) is 3.19. The summed E-state index contributed by atoms with van der Waals surface area (Å²) in [6.07, 6.45) is 2.67. The maximum absolute atomic E-state index is 11.2. The van der Waals surface area contributed by atoms with Gasteiger partial charge in [-0.1, -0.05) is 23.7 Å². The van der Waals surface area contributed by atoms with E-state index in [-0.39, 0.29) is 33.3 Å². The molecule has 0 saturated heterocycles. The monoisotopic (exact) mass is 316 g/mol. The number of sulfone groups is 1. The Balaban J connectivity index is 0.00000256. The molecule has 0 amide bonds. The molecule has 7 heteroatoms. The van der Waals surface area contributed by atoms with Gasteiger partial charge in [0.05, 0.1) is 6.29 Å². The molecule has 0 aromatic heterocycles. The van der Waals surface area contributed by atoms with Gasteiger partial charge in [0.15, 0.2) is 15.4 Å². The van der Waals surface area contributed by atoms with E-state index in [0.29, 0.717) is 0 Å². The largest absolute Gasteiger partial charge is 0.535 e. The predicted octanol–water partition coefficient (Wildman–Crippen LogP) is 1.51. The summed E-state index contributed by atoms with van der Waals surface area (Å²) in [6.45, 7) is 1.58. The van der Waals surface area contributed by atoms with Gasteiger partial charge in [0.2, 0.25) is 0 Å². The number of alkyl halides is 1. The fourth-order valence-electron chi connectivity index (χ4n) is 1.10. The van der Waals surface area contributed by atoms with Crippen molar-refractivity contribution in [2.75, 3.05) is 6.26 Å². The Morgan fingerprint density at radius 1 is 1.41 bits per heavy atom. The first-order valence-corrected chi connectivity index (χ1v) is 6.70. The van der Waals surface area contributed by atoms with Crippen molar-refractivity contribution >= 4 is 27.7 Å². The summed E-state index contributed by atoms with van der Waals surface area (Å²) in [5.74, 6) is 0.213. The average molecular weight is 317 g/mol. The van der Waals surface area contributed by atoms with Gasteiger partial charge in [-0.15, -0.1) is 11.6 Å². The van der Waals surface area contributed by atoms with Crippen molar-refractivity contribution in [2.45, 2.75) is 17.4 Å². The van der Waals surface area contributed by atoms with E-state index in [2.05, 4.69) is 0 Å².